The molecular weight excluding hydrogens is 350 g/mol. The highest BCUT2D eigenvalue weighted by atomic mass is 16.5. The molecule has 0 saturated carbocycles. The molecule has 7 heteroatoms. The lowest BCUT2D eigenvalue weighted by Crippen LogP contribution is -2.16. The predicted octanol–water partition coefficient (Wildman–Crippen LogP) is 3.16. The Morgan fingerprint density at radius 1 is 1.04 bits per heavy atom. The van der Waals surface area contributed by atoms with Gasteiger partial charge in [-0.05, 0) is 45.4 Å². The van der Waals surface area contributed by atoms with E-state index in [9.17, 15) is 14.4 Å². The third kappa shape index (κ3) is 4.36. The number of esters is 2. The van der Waals surface area contributed by atoms with Crippen LogP contribution in [0.5, 0.6) is 5.75 Å². The molecule has 2 aromatic rings. The molecule has 0 aliphatic rings. The topological polar surface area (TPSA) is 94.7 Å². The first-order chi connectivity index (χ1) is 12.8. The zero-order valence-corrected chi connectivity index (χ0v) is 16.1. The van der Waals surface area contributed by atoms with Crippen LogP contribution in [0.15, 0.2) is 18.2 Å². The molecule has 2 rings (SSSR count). The molecule has 0 aliphatic heterocycles. The smallest absolute Gasteiger partial charge is 0.342 e. The van der Waals surface area contributed by atoms with Crippen molar-refractivity contribution >= 4 is 17.7 Å². The van der Waals surface area contributed by atoms with Gasteiger partial charge in [-0.3, -0.25) is 4.79 Å². The number of hydrogen-bond acceptors (Lipinski definition) is 6. The van der Waals surface area contributed by atoms with Crippen molar-refractivity contribution in [3.05, 3.63) is 51.8 Å². The van der Waals surface area contributed by atoms with Crippen molar-refractivity contribution in [1.82, 2.24) is 4.98 Å². The number of Topliss-reactive ketones (excluding diaryl/α,β-unsaturated/α-hetero) is 1. The van der Waals surface area contributed by atoms with E-state index in [1.165, 1.54) is 7.11 Å². The van der Waals surface area contributed by atoms with E-state index in [1.807, 2.05) is 13.0 Å². The minimum Gasteiger partial charge on any atom is -0.496 e. The number of aromatic nitrogens is 1. The van der Waals surface area contributed by atoms with Crippen LogP contribution in [0.4, 0.5) is 0 Å². The molecule has 0 saturated heterocycles. The van der Waals surface area contributed by atoms with E-state index in [2.05, 4.69) is 4.98 Å². The summed E-state index contributed by atoms with van der Waals surface area (Å²) in [6.07, 6.45) is 0. The molecule has 0 fully saturated rings. The van der Waals surface area contributed by atoms with Crippen LogP contribution in [-0.2, 0) is 9.47 Å². The van der Waals surface area contributed by atoms with E-state index < -0.39 is 24.3 Å². The molecule has 144 valence electrons. The number of methoxy groups -OCH3 is 1. The Labute approximate surface area is 157 Å². The first-order valence-electron chi connectivity index (χ1n) is 8.51. The van der Waals surface area contributed by atoms with Crippen LogP contribution in [0.3, 0.4) is 0 Å². The Kier molecular flexibility index (Phi) is 6.39. The second kappa shape index (κ2) is 8.53. The first kappa shape index (κ1) is 20.2. The normalized spacial score (nSPS) is 10.4. The van der Waals surface area contributed by atoms with Gasteiger partial charge in [0.25, 0.3) is 0 Å². The van der Waals surface area contributed by atoms with Gasteiger partial charge in [0.2, 0.25) is 5.78 Å². The summed E-state index contributed by atoms with van der Waals surface area (Å²) in [6.45, 7) is 6.65. The van der Waals surface area contributed by atoms with Crippen LogP contribution in [-0.4, -0.2) is 43.0 Å². The van der Waals surface area contributed by atoms with Gasteiger partial charge in [-0.2, -0.15) is 0 Å². The first-order valence-corrected chi connectivity index (χ1v) is 8.51. The van der Waals surface area contributed by atoms with Gasteiger partial charge >= 0.3 is 11.9 Å². The molecule has 1 heterocycles. The molecule has 0 amide bonds. The average Bonchev–Trinajstić information content (AvgIpc) is 2.94. The lowest BCUT2D eigenvalue weighted by molar-refractivity contribution is 0.0469. The third-order valence-electron chi connectivity index (χ3n) is 4.11. The van der Waals surface area contributed by atoms with Crippen LogP contribution >= 0.6 is 0 Å². The number of rotatable bonds is 7. The van der Waals surface area contributed by atoms with Gasteiger partial charge in [0.05, 0.1) is 25.0 Å². The van der Waals surface area contributed by atoms with E-state index in [0.29, 0.717) is 22.6 Å². The highest BCUT2D eigenvalue weighted by Crippen LogP contribution is 2.22. The Hall–Kier alpha value is -3.09. The molecule has 0 spiro atoms. The Bertz CT molecular complexity index is 881. The number of benzene rings is 1. The summed E-state index contributed by atoms with van der Waals surface area (Å²) in [4.78, 5) is 39.7. The monoisotopic (exact) mass is 373 g/mol. The summed E-state index contributed by atoms with van der Waals surface area (Å²) in [5.41, 5.74) is 2.66. The van der Waals surface area contributed by atoms with Crippen LogP contribution in [0.25, 0.3) is 0 Å². The fourth-order valence-electron chi connectivity index (χ4n) is 2.80. The van der Waals surface area contributed by atoms with Crippen molar-refractivity contribution in [2.45, 2.75) is 27.7 Å². The van der Waals surface area contributed by atoms with E-state index in [4.69, 9.17) is 14.2 Å². The number of H-pyrrole nitrogens is 1. The molecule has 0 aliphatic carbocycles. The van der Waals surface area contributed by atoms with Gasteiger partial charge in [0.1, 0.15) is 11.3 Å². The van der Waals surface area contributed by atoms with E-state index in [0.717, 1.165) is 5.56 Å². The highest BCUT2D eigenvalue weighted by Gasteiger charge is 2.24. The van der Waals surface area contributed by atoms with Gasteiger partial charge in [0, 0.05) is 5.69 Å². The number of ketones is 1. The molecule has 1 aromatic heterocycles. The van der Waals surface area contributed by atoms with Crippen molar-refractivity contribution in [2.24, 2.45) is 0 Å². The molecule has 7 nitrogen and oxygen atoms in total. The SMILES string of the molecule is CCOC(=O)c1c(C)[nH]c(C(=O)COC(=O)c2cc(C)ccc2OC)c1C. The largest absolute Gasteiger partial charge is 0.496 e. The van der Waals surface area contributed by atoms with Gasteiger partial charge in [-0.1, -0.05) is 11.6 Å². The lowest BCUT2D eigenvalue weighted by atomic mass is 10.1. The van der Waals surface area contributed by atoms with Gasteiger partial charge in [-0.15, -0.1) is 0 Å². The van der Waals surface area contributed by atoms with Crippen molar-refractivity contribution < 1.29 is 28.6 Å². The van der Waals surface area contributed by atoms with Crippen LogP contribution < -0.4 is 4.74 Å². The highest BCUT2D eigenvalue weighted by molar-refractivity contribution is 6.03. The number of hydrogen-bond donors (Lipinski definition) is 1. The second-order valence-corrected chi connectivity index (χ2v) is 6.05. The van der Waals surface area contributed by atoms with Crippen molar-refractivity contribution in [3.8, 4) is 5.75 Å². The van der Waals surface area contributed by atoms with Crippen molar-refractivity contribution in [1.29, 1.82) is 0 Å². The number of carbonyl (C=O) groups is 3. The van der Waals surface area contributed by atoms with Crippen LogP contribution in [0.1, 0.15) is 54.9 Å². The number of aryl methyl sites for hydroxylation is 2. The maximum Gasteiger partial charge on any atom is 0.342 e. The van der Waals surface area contributed by atoms with E-state index in [1.54, 1.807) is 32.9 Å². The Morgan fingerprint density at radius 3 is 2.37 bits per heavy atom. The predicted molar refractivity (Wildman–Crippen MR) is 98.6 cm³/mol. The summed E-state index contributed by atoms with van der Waals surface area (Å²) in [6, 6.07) is 5.11. The summed E-state index contributed by atoms with van der Waals surface area (Å²) < 4.78 is 15.3. The quantitative estimate of drug-likeness (QED) is 0.592. The number of carbonyl (C=O) groups excluding carboxylic acids is 3. The summed E-state index contributed by atoms with van der Waals surface area (Å²) in [7, 11) is 1.45. The summed E-state index contributed by atoms with van der Waals surface area (Å²) in [5, 5.41) is 0. The molecule has 1 aromatic carbocycles. The van der Waals surface area contributed by atoms with E-state index in [-0.39, 0.29) is 17.9 Å². The molecule has 0 bridgehead atoms. The number of ether oxygens (including phenoxy) is 3. The van der Waals surface area contributed by atoms with Crippen LogP contribution in [0, 0.1) is 20.8 Å². The van der Waals surface area contributed by atoms with Gasteiger partial charge < -0.3 is 19.2 Å². The maximum atomic E-state index is 12.5. The molecule has 27 heavy (non-hydrogen) atoms. The fourth-order valence-corrected chi connectivity index (χ4v) is 2.80. The zero-order chi connectivity index (χ0) is 20.1. The third-order valence-corrected chi connectivity index (χ3v) is 4.11. The average molecular weight is 373 g/mol. The Balaban J connectivity index is 2.15. The fraction of sp³-hybridized carbons (Fsp3) is 0.350. The number of aromatic amines is 1. The Morgan fingerprint density at radius 2 is 1.74 bits per heavy atom. The summed E-state index contributed by atoms with van der Waals surface area (Å²) in [5.74, 6) is -1.22. The van der Waals surface area contributed by atoms with Gasteiger partial charge in [-0.25, -0.2) is 9.59 Å². The molecular formula is C20H23NO6. The molecule has 0 radical (unpaired) electrons. The minimum atomic E-state index is -0.657. The molecule has 0 unspecified atom stereocenters. The van der Waals surface area contributed by atoms with Gasteiger partial charge in [0.15, 0.2) is 6.61 Å². The zero-order valence-electron chi connectivity index (χ0n) is 16.1. The van der Waals surface area contributed by atoms with E-state index >= 15 is 0 Å². The van der Waals surface area contributed by atoms with Crippen molar-refractivity contribution in [3.63, 3.8) is 0 Å². The lowest BCUT2D eigenvalue weighted by Gasteiger charge is -2.09. The van der Waals surface area contributed by atoms with Crippen molar-refractivity contribution in [2.75, 3.05) is 20.3 Å². The number of nitrogens with one attached hydrogen (secondary N) is 1. The van der Waals surface area contributed by atoms with Crippen LogP contribution in [0.2, 0.25) is 0 Å². The molecule has 0 atom stereocenters. The second-order valence-electron chi connectivity index (χ2n) is 6.05. The molecule has 1 N–H and O–H groups in total. The standard InChI is InChI=1S/C20H23NO6/c1-6-26-20(24)17-12(3)18(21-13(17)4)15(22)10-27-19(23)14-9-11(2)7-8-16(14)25-5/h7-9,21H,6,10H2,1-5H3. The minimum absolute atomic E-state index is 0.222. The summed E-state index contributed by atoms with van der Waals surface area (Å²) >= 11 is 0. The maximum absolute atomic E-state index is 12.5.